The van der Waals surface area contributed by atoms with Crippen LogP contribution in [0.4, 0.5) is 0 Å². The zero-order valence-corrected chi connectivity index (χ0v) is 11.6. The Bertz CT molecular complexity index is 369. The minimum Gasteiger partial charge on any atom is -0.453 e. The van der Waals surface area contributed by atoms with E-state index in [1.165, 1.54) is 38.5 Å². The lowest BCUT2D eigenvalue weighted by atomic mass is 9.49. The minimum absolute atomic E-state index is 0.170. The Balaban J connectivity index is 1.63. The van der Waals surface area contributed by atoms with Gasteiger partial charge in [0.15, 0.2) is 6.10 Å². The quantitative estimate of drug-likeness (QED) is 0.790. The largest absolute Gasteiger partial charge is 0.453 e. The molecular weight excluding hydrogens is 242 g/mol. The summed E-state index contributed by atoms with van der Waals surface area (Å²) in [6.07, 6.45) is 7.32. The van der Waals surface area contributed by atoms with Crippen LogP contribution in [0.1, 0.15) is 51.9 Å². The Morgan fingerprint density at radius 1 is 1.16 bits per heavy atom. The first-order valence-corrected chi connectivity index (χ1v) is 7.44. The molecule has 4 saturated carbocycles. The highest BCUT2D eigenvalue weighted by atomic mass is 16.5. The van der Waals surface area contributed by atoms with Gasteiger partial charge in [0.05, 0.1) is 6.42 Å². The highest BCUT2D eigenvalue weighted by molar-refractivity contribution is 5.82. The lowest BCUT2D eigenvalue weighted by Crippen LogP contribution is -2.47. The van der Waals surface area contributed by atoms with E-state index in [0.29, 0.717) is 6.42 Å². The molecule has 1 amide bonds. The molecular formula is C15H23NO3. The Morgan fingerprint density at radius 3 is 2.05 bits per heavy atom. The SMILES string of the molecule is C[C@H](OC(=O)CC12CC3CC(CC(C3)C1)C2)C(N)=O. The van der Waals surface area contributed by atoms with Crippen molar-refractivity contribution in [3.8, 4) is 0 Å². The Kier molecular flexibility index (Phi) is 3.06. The number of esters is 1. The predicted molar refractivity (Wildman–Crippen MR) is 70.0 cm³/mol. The van der Waals surface area contributed by atoms with Gasteiger partial charge in [-0.15, -0.1) is 0 Å². The third-order valence-corrected chi connectivity index (χ3v) is 5.39. The van der Waals surface area contributed by atoms with Crippen LogP contribution in [0, 0.1) is 23.2 Å². The van der Waals surface area contributed by atoms with E-state index < -0.39 is 12.0 Å². The lowest BCUT2D eigenvalue weighted by Gasteiger charge is -2.56. The van der Waals surface area contributed by atoms with Crippen molar-refractivity contribution in [1.82, 2.24) is 0 Å². The molecule has 106 valence electrons. The molecule has 0 radical (unpaired) electrons. The van der Waals surface area contributed by atoms with Gasteiger partial charge in [0.25, 0.3) is 5.91 Å². The minimum atomic E-state index is -0.804. The maximum atomic E-state index is 12.0. The molecule has 4 aliphatic carbocycles. The van der Waals surface area contributed by atoms with E-state index in [0.717, 1.165) is 17.8 Å². The topological polar surface area (TPSA) is 69.4 Å². The third kappa shape index (κ3) is 2.49. The van der Waals surface area contributed by atoms with Crippen LogP contribution in [-0.4, -0.2) is 18.0 Å². The second kappa shape index (κ2) is 4.50. The second-order valence-electron chi connectivity index (χ2n) is 7.13. The summed E-state index contributed by atoms with van der Waals surface area (Å²) < 4.78 is 5.14. The average molecular weight is 265 g/mol. The number of hydrogen-bond acceptors (Lipinski definition) is 3. The summed E-state index contributed by atoms with van der Waals surface area (Å²) >= 11 is 0. The molecule has 4 bridgehead atoms. The first kappa shape index (κ1) is 12.9. The van der Waals surface area contributed by atoms with Crippen molar-refractivity contribution in [2.75, 3.05) is 0 Å². The number of carbonyl (C=O) groups excluding carboxylic acids is 2. The molecule has 0 aromatic rings. The fourth-order valence-electron chi connectivity index (χ4n) is 5.11. The van der Waals surface area contributed by atoms with E-state index in [2.05, 4.69) is 0 Å². The molecule has 0 aromatic heterocycles. The normalized spacial score (nSPS) is 41.0. The van der Waals surface area contributed by atoms with E-state index in [4.69, 9.17) is 10.5 Å². The summed E-state index contributed by atoms with van der Waals surface area (Å²) in [5, 5.41) is 0. The van der Waals surface area contributed by atoms with Gasteiger partial charge >= 0.3 is 5.97 Å². The Morgan fingerprint density at radius 2 is 1.63 bits per heavy atom. The van der Waals surface area contributed by atoms with Crippen molar-refractivity contribution >= 4 is 11.9 Å². The van der Waals surface area contributed by atoms with Gasteiger partial charge < -0.3 is 10.5 Å². The molecule has 0 aromatic carbocycles. The molecule has 0 unspecified atom stereocenters. The van der Waals surface area contributed by atoms with Gasteiger partial charge in [-0.25, -0.2) is 0 Å². The summed E-state index contributed by atoms with van der Waals surface area (Å²) in [7, 11) is 0. The fraction of sp³-hybridized carbons (Fsp3) is 0.867. The number of ether oxygens (including phenoxy) is 1. The molecule has 4 nitrogen and oxygen atoms in total. The van der Waals surface area contributed by atoms with Crippen LogP contribution in [0.3, 0.4) is 0 Å². The highest BCUT2D eigenvalue weighted by Gasteiger charge is 2.51. The van der Waals surface area contributed by atoms with Crippen molar-refractivity contribution in [2.45, 2.75) is 58.0 Å². The van der Waals surface area contributed by atoms with E-state index in [1.807, 2.05) is 0 Å². The van der Waals surface area contributed by atoms with E-state index in [9.17, 15) is 9.59 Å². The molecule has 0 heterocycles. The summed E-state index contributed by atoms with van der Waals surface area (Å²) in [6, 6.07) is 0. The van der Waals surface area contributed by atoms with Gasteiger partial charge in [-0.2, -0.15) is 0 Å². The maximum Gasteiger partial charge on any atom is 0.307 e. The summed E-state index contributed by atoms with van der Waals surface area (Å²) in [4.78, 5) is 23.0. The van der Waals surface area contributed by atoms with Crippen molar-refractivity contribution in [2.24, 2.45) is 28.9 Å². The van der Waals surface area contributed by atoms with E-state index in [-0.39, 0.29) is 11.4 Å². The van der Waals surface area contributed by atoms with Crippen LogP contribution in [-0.2, 0) is 14.3 Å². The molecule has 4 fully saturated rings. The molecule has 0 spiro atoms. The Labute approximate surface area is 114 Å². The smallest absolute Gasteiger partial charge is 0.307 e. The first-order valence-electron chi connectivity index (χ1n) is 7.44. The number of nitrogens with two attached hydrogens (primary N) is 1. The molecule has 1 atom stereocenters. The highest BCUT2D eigenvalue weighted by Crippen LogP contribution is 2.61. The number of amides is 1. The predicted octanol–water partition coefficient (Wildman–Crippen LogP) is 2.01. The van der Waals surface area contributed by atoms with E-state index in [1.54, 1.807) is 6.92 Å². The maximum absolute atomic E-state index is 12.0. The fourth-order valence-corrected chi connectivity index (χ4v) is 5.11. The van der Waals surface area contributed by atoms with Crippen LogP contribution < -0.4 is 5.73 Å². The summed E-state index contributed by atoms with van der Waals surface area (Å²) in [5.74, 6) is 1.67. The molecule has 0 aliphatic heterocycles. The van der Waals surface area contributed by atoms with Crippen LogP contribution in [0.2, 0.25) is 0 Å². The zero-order valence-electron chi connectivity index (χ0n) is 11.6. The van der Waals surface area contributed by atoms with Crippen molar-refractivity contribution in [3.63, 3.8) is 0 Å². The van der Waals surface area contributed by atoms with Crippen LogP contribution in [0.5, 0.6) is 0 Å². The van der Waals surface area contributed by atoms with Gasteiger partial charge in [0.2, 0.25) is 0 Å². The molecule has 0 saturated heterocycles. The van der Waals surface area contributed by atoms with Gasteiger partial charge in [-0.05, 0) is 68.6 Å². The van der Waals surface area contributed by atoms with Crippen molar-refractivity contribution in [3.05, 3.63) is 0 Å². The molecule has 2 N–H and O–H groups in total. The zero-order chi connectivity index (χ0) is 13.6. The van der Waals surface area contributed by atoms with Gasteiger partial charge in [0.1, 0.15) is 0 Å². The monoisotopic (exact) mass is 265 g/mol. The van der Waals surface area contributed by atoms with E-state index >= 15 is 0 Å². The van der Waals surface area contributed by atoms with Gasteiger partial charge in [-0.1, -0.05) is 0 Å². The molecule has 4 heteroatoms. The number of primary amides is 1. The summed E-state index contributed by atoms with van der Waals surface area (Å²) in [6.45, 7) is 1.54. The number of hydrogen-bond donors (Lipinski definition) is 1. The lowest BCUT2D eigenvalue weighted by molar-refractivity contribution is -0.160. The summed E-state index contributed by atoms with van der Waals surface area (Å²) in [5.41, 5.74) is 5.30. The second-order valence-corrected chi connectivity index (χ2v) is 7.13. The van der Waals surface area contributed by atoms with Crippen LogP contribution in [0.25, 0.3) is 0 Å². The average Bonchev–Trinajstić information content (AvgIpc) is 2.25. The van der Waals surface area contributed by atoms with Crippen molar-refractivity contribution in [1.29, 1.82) is 0 Å². The molecule has 4 aliphatic rings. The number of rotatable bonds is 4. The standard InChI is InChI=1S/C15H23NO3/c1-9(14(16)18)19-13(17)8-15-5-10-2-11(6-15)4-12(3-10)7-15/h9-12H,2-8H2,1H3,(H2,16,18)/t9-,10?,11?,12?,15?/m0/s1. The third-order valence-electron chi connectivity index (χ3n) is 5.39. The molecule has 19 heavy (non-hydrogen) atoms. The number of carbonyl (C=O) groups is 2. The van der Waals surface area contributed by atoms with Gasteiger partial charge in [0, 0.05) is 0 Å². The van der Waals surface area contributed by atoms with Crippen LogP contribution >= 0.6 is 0 Å². The van der Waals surface area contributed by atoms with Gasteiger partial charge in [-0.3, -0.25) is 9.59 Å². The molecule has 4 rings (SSSR count). The Hall–Kier alpha value is -1.06. The first-order chi connectivity index (χ1) is 8.96. The van der Waals surface area contributed by atoms with Crippen LogP contribution in [0.15, 0.2) is 0 Å². The van der Waals surface area contributed by atoms with Crippen molar-refractivity contribution < 1.29 is 14.3 Å².